The van der Waals surface area contributed by atoms with Crippen LogP contribution in [-0.2, 0) is 25.5 Å². The Morgan fingerprint density at radius 2 is 2.12 bits per heavy atom. The predicted octanol–water partition coefficient (Wildman–Crippen LogP) is 2.94. The van der Waals surface area contributed by atoms with Crippen molar-refractivity contribution in [2.45, 2.75) is 81.4 Å². The smallest absolute Gasteiger partial charge is 0.343 e. The second-order valence-electron chi connectivity index (χ2n) is 9.15. The molecule has 1 aromatic rings. The molecule has 6 atom stereocenters. The number of ether oxygens (including phenoxy) is 2. The molecule has 2 saturated carbocycles. The van der Waals surface area contributed by atoms with Crippen LogP contribution in [0.5, 0.6) is 0 Å². The lowest BCUT2D eigenvalue weighted by molar-refractivity contribution is -0.180. The lowest BCUT2D eigenvalue weighted by atomic mass is 9.72. The number of rotatable bonds is 6. The van der Waals surface area contributed by atoms with Crippen LogP contribution in [0.2, 0.25) is 0 Å². The van der Waals surface area contributed by atoms with Gasteiger partial charge in [0.05, 0.1) is 36.6 Å². The highest BCUT2D eigenvalue weighted by Gasteiger charge is 2.54. The highest BCUT2D eigenvalue weighted by Crippen LogP contribution is 2.47. The Balaban J connectivity index is 1.36. The van der Waals surface area contributed by atoms with Crippen LogP contribution in [0.25, 0.3) is 0 Å². The van der Waals surface area contributed by atoms with Gasteiger partial charge in [0.15, 0.2) is 5.78 Å². The Kier molecular flexibility index (Phi) is 6.51. The van der Waals surface area contributed by atoms with Crippen LogP contribution in [0.3, 0.4) is 0 Å². The van der Waals surface area contributed by atoms with Gasteiger partial charge in [0.1, 0.15) is 5.57 Å². The largest absolute Gasteiger partial charge is 0.462 e. The third-order valence-corrected chi connectivity index (χ3v) is 8.55. The van der Waals surface area contributed by atoms with Gasteiger partial charge >= 0.3 is 5.97 Å². The summed E-state index contributed by atoms with van der Waals surface area (Å²) in [6.45, 7) is 2.05. The Morgan fingerprint density at radius 1 is 1.25 bits per heavy atom. The summed E-state index contributed by atoms with van der Waals surface area (Å²) in [6.07, 6.45) is 14.3. The van der Waals surface area contributed by atoms with Crippen molar-refractivity contribution in [3.63, 3.8) is 0 Å². The van der Waals surface area contributed by atoms with Crippen LogP contribution in [0.1, 0.15) is 51.1 Å². The number of carbonyl (C=O) groups excluding carboxylic acids is 2. The summed E-state index contributed by atoms with van der Waals surface area (Å²) in [5.74, 6) is 0.170. The SMILES string of the molecule is CCOC(=O)C1=CN2C3CCCCC3OC3CC(SCCc4cnccn4)CC(C1=O)C32. The number of nitrogens with zero attached hydrogens (tertiary/aromatic N) is 3. The second-order valence-corrected chi connectivity index (χ2v) is 10.6. The van der Waals surface area contributed by atoms with E-state index in [4.69, 9.17) is 9.47 Å². The van der Waals surface area contributed by atoms with Gasteiger partial charge in [-0.25, -0.2) is 4.79 Å². The molecule has 2 aliphatic heterocycles. The zero-order valence-electron chi connectivity index (χ0n) is 18.5. The monoisotopic (exact) mass is 457 g/mol. The maximum absolute atomic E-state index is 13.4. The molecule has 8 heteroatoms. The molecule has 4 aliphatic rings. The molecule has 172 valence electrons. The minimum absolute atomic E-state index is 0.0334. The van der Waals surface area contributed by atoms with Gasteiger partial charge in [-0.05, 0) is 38.4 Å². The number of morpholine rings is 1. The summed E-state index contributed by atoms with van der Waals surface area (Å²) in [5, 5.41) is 0.324. The molecule has 3 fully saturated rings. The molecule has 2 aliphatic carbocycles. The summed E-state index contributed by atoms with van der Waals surface area (Å²) < 4.78 is 11.9. The fraction of sp³-hybridized carbons (Fsp3) is 0.667. The fourth-order valence-electron chi connectivity index (χ4n) is 5.88. The number of hydrogen-bond donors (Lipinski definition) is 0. The van der Waals surface area contributed by atoms with E-state index in [-0.39, 0.29) is 48.2 Å². The van der Waals surface area contributed by atoms with Gasteiger partial charge in [-0.15, -0.1) is 0 Å². The standard InChI is InChI=1S/C24H31N3O4S/c1-2-30-24(29)18-14-27-19-5-3-4-6-20(19)31-21-12-16(11-17(22(21)27)23(18)28)32-10-7-15-13-25-8-9-26-15/h8-9,13-14,16-17,19-22H,2-7,10-12H2,1H3. The molecule has 0 bridgehead atoms. The van der Waals surface area contributed by atoms with Gasteiger partial charge in [-0.1, -0.05) is 12.8 Å². The van der Waals surface area contributed by atoms with E-state index in [0.717, 1.165) is 43.6 Å². The summed E-state index contributed by atoms with van der Waals surface area (Å²) in [5.41, 5.74) is 1.21. The van der Waals surface area contributed by atoms with Crippen LogP contribution < -0.4 is 0 Å². The zero-order valence-corrected chi connectivity index (χ0v) is 19.3. The van der Waals surface area contributed by atoms with Gasteiger partial charge in [0, 0.05) is 42.4 Å². The summed E-state index contributed by atoms with van der Waals surface area (Å²) in [7, 11) is 0. The fourth-order valence-corrected chi connectivity index (χ4v) is 7.21. The van der Waals surface area contributed by atoms with Gasteiger partial charge < -0.3 is 14.4 Å². The molecule has 0 amide bonds. The van der Waals surface area contributed by atoms with E-state index in [9.17, 15) is 9.59 Å². The number of ketones is 1. The number of esters is 1. The average Bonchev–Trinajstić information content (AvgIpc) is 2.81. The van der Waals surface area contributed by atoms with Gasteiger partial charge in [-0.3, -0.25) is 14.8 Å². The van der Waals surface area contributed by atoms with E-state index in [0.29, 0.717) is 5.25 Å². The lowest BCUT2D eigenvalue weighted by Crippen LogP contribution is -2.67. The topological polar surface area (TPSA) is 81.6 Å². The molecule has 5 rings (SSSR count). The van der Waals surface area contributed by atoms with E-state index < -0.39 is 5.97 Å². The second kappa shape index (κ2) is 9.51. The molecule has 3 heterocycles. The lowest BCUT2D eigenvalue weighted by Gasteiger charge is -2.57. The van der Waals surface area contributed by atoms with E-state index in [2.05, 4.69) is 14.9 Å². The quantitative estimate of drug-likeness (QED) is 0.476. The Hall–Kier alpha value is -1.93. The van der Waals surface area contributed by atoms with Crippen molar-refractivity contribution in [3.8, 4) is 0 Å². The molecule has 6 unspecified atom stereocenters. The Labute approximate surface area is 193 Å². The zero-order chi connectivity index (χ0) is 22.1. The van der Waals surface area contributed by atoms with Crippen molar-refractivity contribution in [3.05, 3.63) is 36.1 Å². The minimum Gasteiger partial charge on any atom is -0.462 e. The molecule has 0 N–H and O–H groups in total. The normalized spacial score (nSPS) is 33.7. The van der Waals surface area contributed by atoms with Gasteiger partial charge in [0.2, 0.25) is 0 Å². The Bertz CT molecular complexity index is 879. The minimum atomic E-state index is -0.483. The molecule has 0 spiro atoms. The van der Waals surface area contributed by atoms with Crippen molar-refractivity contribution in [2.24, 2.45) is 5.92 Å². The van der Waals surface area contributed by atoms with Crippen LogP contribution in [0, 0.1) is 5.92 Å². The van der Waals surface area contributed by atoms with Crippen molar-refractivity contribution in [2.75, 3.05) is 12.4 Å². The van der Waals surface area contributed by atoms with Gasteiger partial charge in [-0.2, -0.15) is 11.8 Å². The first kappa shape index (κ1) is 21.9. The predicted molar refractivity (Wildman–Crippen MR) is 121 cm³/mol. The van der Waals surface area contributed by atoms with E-state index in [1.54, 1.807) is 19.3 Å². The van der Waals surface area contributed by atoms with E-state index >= 15 is 0 Å². The number of carbonyl (C=O) groups is 2. The average molecular weight is 458 g/mol. The maximum Gasteiger partial charge on any atom is 0.343 e. The van der Waals surface area contributed by atoms with Crippen molar-refractivity contribution < 1.29 is 19.1 Å². The van der Waals surface area contributed by atoms with Crippen molar-refractivity contribution >= 4 is 23.5 Å². The molecular weight excluding hydrogens is 426 g/mol. The highest BCUT2D eigenvalue weighted by molar-refractivity contribution is 7.99. The van der Waals surface area contributed by atoms with Gasteiger partial charge in [0.25, 0.3) is 0 Å². The molecule has 7 nitrogen and oxygen atoms in total. The van der Waals surface area contributed by atoms with Crippen LogP contribution in [0.15, 0.2) is 30.4 Å². The van der Waals surface area contributed by atoms with E-state index in [1.165, 1.54) is 12.8 Å². The number of hydrogen-bond acceptors (Lipinski definition) is 8. The van der Waals surface area contributed by atoms with Crippen LogP contribution in [0.4, 0.5) is 0 Å². The summed E-state index contributed by atoms with van der Waals surface area (Å²) >= 11 is 1.89. The number of thioether (sulfide) groups is 1. The first-order valence-corrected chi connectivity index (χ1v) is 12.9. The molecule has 1 aromatic heterocycles. The summed E-state index contributed by atoms with van der Waals surface area (Å²) in [6, 6.07) is 0.294. The number of fused-ring (bicyclic) bond motifs is 2. The first-order chi connectivity index (χ1) is 15.7. The number of Topliss-reactive ketones (excluding diaryl/α,β-unsaturated/α-hetero) is 1. The number of aryl methyl sites for hydroxylation is 1. The van der Waals surface area contributed by atoms with Crippen LogP contribution in [-0.4, -0.2) is 68.5 Å². The maximum atomic E-state index is 13.4. The van der Waals surface area contributed by atoms with Crippen molar-refractivity contribution in [1.82, 2.24) is 14.9 Å². The molecule has 32 heavy (non-hydrogen) atoms. The van der Waals surface area contributed by atoms with Crippen molar-refractivity contribution in [1.29, 1.82) is 0 Å². The third-order valence-electron chi connectivity index (χ3n) is 7.25. The third kappa shape index (κ3) is 4.19. The Morgan fingerprint density at radius 3 is 2.94 bits per heavy atom. The van der Waals surface area contributed by atoms with Crippen LogP contribution >= 0.6 is 11.8 Å². The summed E-state index contributed by atoms with van der Waals surface area (Å²) in [4.78, 5) is 36.9. The molecular formula is C24H31N3O4S. The highest BCUT2D eigenvalue weighted by atomic mass is 32.2. The molecule has 0 radical (unpaired) electrons. The first-order valence-electron chi connectivity index (χ1n) is 11.9. The molecule has 1 saturated heterocycles. The van der Waals surface area contributed by atoms with E-state index in [1.807, 2.05) is 24.2 Å². The number of aromatic nitrogens is 2. The molecule has 0 aromatic carbocycles.